The van der Waals surface area contributed by atoms with Gasteiger partial charge in [0.2, 0.25) is 0 Å². The van der Waals surface area contributed by atoms with Crippen molar-refractivity contribution in [3.63, 3.8) is 0 Å². The molecule has 0 atom stereocenters. The van der Waals surface area contributed by atoms with Crippen LogP contribution in [0.3, 0.4) is 0 Å². The molecule has 0 aliphatic carbocycles. The molecule has 0 N–H and O–H groups in total. The van der Waals surface area contributed by atoms with Crippen LogP contribution < -0.4 is 4.74 Å². The highest BCUT2D eigenvalue weighted by Gasteiger charge is 2.14. The monoisotopic (exact) mass is 341 g/mol. The number of aromatic nitrogens is 2. The van der Waals surface area contributed by atoms with E-state index in [9.17, 15) is 0 Å². The van der Waals surface area contributed by atoms with Crippen molar-refractivity contribution in [1.29, 1.82) is 0 Å². The number of unbranched alkanes of at least 4 members (excludes halogenated alkanes) is 1. The summed E-state index contributed by atoms with van der Waals surface area (Å²) in [6, 6.07) is 8.30. The molecule has 1 aromatic carbocycles. The molecule has 2 rings (SSSR count). The Morgan fingerprint density at radius 1 is 1.28 bits per heavy atom. The molecule has 4 nitrogen and oxygen atoms in total. The van der Waals surface area contributed by atoms with Crippen LogP contribution in [-0.4, -0.2) is 34.4 Å². The van der Waals surface area contributed by atoms with E-state index in [2.05, 4.69) is 42.7 Å². The van der Waals surface area contributed by atoms with E-state index < -0.39 is 0 Å². The summed E-state index contributed by atoms with van der Waals surface area (Å²) in [5.74, 6) is 0.898. The maximum atomic E-state index is 5.76. The standard InChI is InChI=1S/C21H31N3O/c1-6-8-14-23(5)16-19-15-22-24(13-7-2)21(19)18-9-11-20(12-10-18)25-17(3)4/h7,9-12,15,17H,2,6,8,13-14,16H2,1,3-5H3. The first-order chi connectivity index (χ1) is 12.0. The second kappa shape index (κ2) is 9.42. The van der Waals surface area contributed by atoms with Crippen molar-refractivity contribution in [2.75, 3.05) is 13.6 Å². The Morgan fingerprint density at radius 2 is 2.00 bits per heavy atom. The van der Waals surface area contributed by atoms with Crippen LogP contribution in [0.2, 0.25) is 0 Å². The Hall–Kier alpha value is -2.07. The average Bonchev–Trinajstić information content (AvgIpc) is 2.96. The lowest BCUT2D eigenvalue weighted by atomic mass is 10.1. The minimum Gasteiger partial charge on any atom is -0.491 e. The molecule has 0 saturated carbocycles. The molecule has 0 unspecified atom stereocenters. The van der Waals surface area contributed by atoms with Crippen molar-refractivity contribution in [2.24, 2.45) is 0 Å². The van der Waals surface area contributed by atoms with Crippen molar-refractivity contribution >= 4 is 0 Å². The third-order valence-electron chi connectivity index (χ3n) is 4.05. The van der Waals surface area contributed by atoms with Gasteiger partial charge in [0.15, 0.2) is 0 Å². The van der Waals surface area contributed by atoms with Crippen molar-refractivity contribution < 1.29 is 4.74 Å². The van der Waals surface area contributed by atoms with Gasteiger partial charge in [-0.15, -0.1) is 6.58 Å². The van der Waals surface area contributed by atoms with E-state index in [-0.39, 0.29) is 6.10 Å². The Kier molecular flexibility index (Phi) is 7.26. The summed E-state index contributed by atoms with van der Waals surface area (Å²) in [5, 5.41) is 4.57. The van der Waals surface area contributed by atoms with Gasteiger partial charge >= 0.3 is 0 Å². The molecule has 0 spiro atoms. The van der Waals surface area contributed by atoms with Gasteiger partial charge in [0.25, 0.3) is 0 Å². The van der Waals surface area contributed by atoms with Crippen LogP contribution >= 0.6 is 0 Å². The second-order valence-corrected chi connectivity index (χ2v) is 6.77. The van der Waals surface area contributed by atoms with Crippen LogP contribution in [0.25, 0.3) is 11.3 Å². The highest BCUT2D eigenvalue weighted by atomic mass is 16.5. The lowest BCUT2D eigenvalue weighted by Gasteiger charge is -2.17. The predicted molar refractivity (Wildman–Crippen MR) is 105 cm³/mol. The first-order valence-electron chi connectivity index (χ1n) is 9.16. The summed E-state index contributed by atoms with van der Waals surface area (Å²) in [4.78, 5) is 2.36. The van der Waals surface area contributed by atoms with E-state index in [4.69, 9.17) is 4.74 Å². The predicted octanol–water partition coefficient (Wildman–Crippen LogP) is 4.76. The molecule has 0 radical (unpaired) electrons. The third-order valence-corrected chi connectivity index (χ3v) is 4.05. The minimum atomic E-state index is 0.180. The molecule has 0 aliphatic rings. The molecule has 0 bridgehead atoms. The number of rotatable bonds is 10. The lowest BCUT2D eigenvalue weighted by molar-refractivity contribution is 0.242. The molecule has 4 heteroatoms. The fraction of sp³-hybridized carbons (Fsp3) is 0.476. The van der Waals surface area contributed by atoms with Gasteiger partial charge in [0, 0.05) is 17.7 Å². The molecule has 2 aromatic rings. The van der Waals surface area contributed by atoms with Gasteiger partial charge in [-0.05, 0) is 58.1 Å². The molecule has 136 valence electrons. The highest BCUT2D eigenvalue weighted by molar-refractivity contribution is 5.64. The number of allylic oxidation sites excluding steroid dienone is 1. The van der Waals surface area contributed by atoms with Gasteiger partial charge in [-0.1, -0.05) is 19.4 Å². The summed E-state index contributed by atoms with van der Waals surface area (Å²) >= 11 is 0. The summed E-state index contributed by atoms with van der Waals surface area (Å²) in [7, 11) is 2.17. The van der Waals surface area contributed by atoms with E-state index in [1.807, 2.05) is 42.9 Å². The van der Waals surface area contributed by atoms with Crippen LogP contribution in [0.5, 0.6) is 5.75 Å². The first kappa shape index (κ1) is 19.3. The fourth-order valence-corrected chi connectivity index (χ4v) is 2.90. The van der Waals surface area contributed by atoms with Crippen LogP contribution in [0.4, 0.5) is 0 Å². The number of hydrogen-bond acceptors (Lipinski definition) is 3. The maximum Gasteiger partial charge on any atom is 0.119 e. The molecule has 0 fully saturated rings. The first-order valence-corrected chi connectivity index (χ1v) is 9.16. The quantitative estimate of drug-likeness (QED) is 0.584. The van der Waals surface area contributed by atoms with Gasteiger partial charge in [-0.3, -0.25) is 4.68 Å². The molecule has 1 aromatic heterocycles. The minimum absolute atomic E-state index is 0.180. The Morgan fingerprint density at radius 3 is 2.60 bits per heavy atom. The topological polar surface area (TPSA) is 30.3 Å². The summed E-state index contributed by atoms with van der Waals surface area (Å²) in [6.45, 7) is 12.9. The number of nitrogens with zero attached hydrogens (tertiary/aromatic N) is 3. The van der Waals surface area contributed by atoms with Crippen molar-refractivity contribution in [2.45, 2.75) is 52.8 Å². The average molecular weight is 341 g/mol. The van der Waals surface area contributed by atoms with Gasteiger partial charge < -0.3 is 9.64 Å². The maximum absolute atomic E-state index is 5.76. The molecule has 0 aliphatic heterocycles. The largest absolute Gasteiger partial charge is 0.491 e. The summed E-state index contributed by atoms with van der Waals surface area (Å²) < 4.78 is 7.78. The molecule has 0 saturated heterocycles. The van der Waals surface area contributed by atoms with E-state index in [1.54, 1.807) is 0 Å². The smallest absolute Gasteiger partial charge is 0.119 e. The Bertz CT molecular complexity index is 658. The van der Waals surface area contributed by atoms with E-state index in [1.165, 1.54) is 24.1 Å². The fourth-order valence-electron chi connectivity index (χ4n) is 2.90. The number of hydrogen-bond donors (Lipinski definition) is 0. The summed E-state index contributed by atoms with van der Waals surface area (Å²) in [5.41, 5.74) is 3.58. The van der Waals surface area contributed by atoms with E-state index in [0.29, 0.717) is 6.54 Å². The second-order valence-electron chi connectivity index (χ2n) is 6.77. The van der Waals surface area contributed by atoms with Gasteiger partial charge in [-0.25, -0.2) is 0 Å². The third kappa shape index (κ3) is 5.46. The van der Waals surface area contributed by atoms with Crippen LogP contribution in [0, 0.1) is 0 Å². The summed E-state index contributed by atoms with van der Waals surface area (Å²) in [6.07, 6.45) is 6.48. The zero-order chi connectivity index (χ0) is 18.2. The molecule has 25 heavy (non-hydrogen) atoms. The van der Waals surface area contributed by atoms with Gasteiger partial charge in [0.1, 0.15) is 5.75 Å². The highest BCUT2D eigenvalue weighted by Crippen LogP contribution is 2.27. The molecule has 1 heterocycles. The van der Waals surface area contributed by atoms with Crippen molar-refractivity contribution in [1.82, 2.24) is 14.7 Å². The lowest BCUT2D eigenvalue weighted by Crippen LogP contribution is -2.19. The zero-order valence-corrected chi connectivity index (χ0v) is 16.0. The molecular weight excluding hydrogens is 310 g/mol. The van der Waals surface area contributed by atoms with Gasteiger partial charge in [0.05, 0.1) is 24.5 Å². The van der Waals surface area contributed by atoms with Crippen LogP contribution in [0.1, 0.15) is 39.2 Å². The molecular formula is C21H31N3O. The van der Waals surface area contributed by atoms with E-state index >= 15 is 0 Å². The zero-order valence-electron chi connectivity index (χ0n) is 16.0. The van der Waals surface area contributed by atoms with Crippen LogP contribution in [-0.2, 0) is 13.1 Å². The Labute approximate surface area is 152 Å². The van der Waals surface area contributed by atoms with Gasteiger partial charge in [-0.2, -0.15) is 5.10 Å². The van der Waals surface area contributed by atoms with Crippen molar-refractivity contribution in [3.05, 3.63) is 48.7 Å². The number of ether oxygens (including phenoxy) is 1. The normalized spacial score (nSPS) is 11.3. The molecule has 0 amide bonds. The SMILES string of the molecule is C=CCn1ncc(CN(C)CCCC)c1-c1ccc(OC(C)C)cc1. The van der Waals surface area contributed by atoms with Crippen molar-refractivity contribution in [3.8, 4) is 17.0 Å². The van der Waals surface area contributed by atoms with E-state index in [0.717, 1.165) is 24.4 Å². The van der Waals surface area contributed by atoms with Crippen LogP contribution in [0.15, 0.2) is 43.1 Å². The Balaban J connectivity index is 2.27. The number of benzene rings is 1.